The molecule has 4 nitrogen and oxygen atoms in total. The van der Waals surface area contributed by atoms with Gasteiger partial charge in [-0.1, -0.05) is 11.6 Å². The van der Waals surface area contributed by atoms with Gasteiger partial charge in [0, 0.05) is 24.7 Å². The molecule has 2 rings (SSSR count). The molecule has 2 aromatic carbocycles. The summed E-state index contributed by atoms with van der Waals surface area (Å²) in [5, 5.41) is 0.606. The van der Waals surface area contributed by atoms with E-state index in [1.807, 2.05) is 0 Å². The predicted octanol–water partition coefficient (Wildman–Crippen LogP) is 4.18. The molecule has 2 aromatic rings. The summed E-state index contributed by atoms with van der Waals surface area (Å²) in [4.78, 5) is 13.4. The molecule has 0 aromatic heterocycles. The van der Waals surface area contributed by atoms with E-state index in [2.05, 4.69) is 15.9 Å². The summed E-state index contributed by atoms with van der Waals surface area (Å²) in [6.45, 7) is 0. The number of rotatable bonds is 3. The highest BCUT2D eigenvalue weighted by molar-refractivity contribution is 9.10. The van der Waals surface area contributed by atoms with Crippen LogP contribution in [0.4, 0.5) is 5.69 Å². The van der Waals surface area contributed by atoms with Crippen molar-refractivity contribution >= 4 is 39.1 Å². The first-order chi connectivity index (χ1) is 9.88. The Morgan fingerprint density at radius 3 is 2.43 bits per heavy atom. The molecule has 0 atom stereocenters. The molecule has 1 amide bonds. The van der Waals surface area contributed by atoms with Crippen molar-refractivity contribution in [2.75, 3.05) is 19.8 Å². The fourth-order valence-electron chi connectivity index (χ4n) is 1.71. The lowest BCUT2D eigenvalue weighted by molar-refractivity contribution is 0.0827. The van der Waals surface area contributed by atoms with E-state index in [0.29, 0.717) is 27.8 Å². The van der Waals surface area contributed by atoms with E-state index >= 15 is 0 Å². The number of carbonyl (C=O) groups excluding carboxylic acids is 1. The van der Waals surface area contributed by atoms with E-state index in [-0.39, 0.29) is 5.91 Å². The highest BCUT2D eigenvalue weighted by Gasteiger charge is 2.12. The van der Waals surface area contributed by atoms with Crippen molar-refractivity contribution in [3.8, 4) is 11.5 Å². The van der Waals surface area contributed by atoms with Crippen molar-refractivity contribution in [2.24, 2.45) is 0 Å². The van der Waals surface area contributed by atoms with E-state index in [9.17, 15) is 4.79 Å². The number of halogens is 2. The van der Waals surface area contributed by atoms with Crippen LogP contribution in [0.1, 0.15) is 10.4 Å². The average Bonchev–Trinajstić information content (AvgIpc) is 2.42. The standard InChI is InChI=1S/C15H14BrClN2O2/c1-19(2)15(20)9-3-5-14(12(18)7-9)21-13-6-4-10(17)8-11(13)16/h3-8H,18H2,1-2H3. The molecule has 0 radical (unpaired) electrons. The van der Waals surface area contributed by atoms with Crippen LogP contribution in [0.2, 0.25) is 5.02 Å². The quantitative estimate of drug-likeness (QED) is 0.826. The Balaban J connectivity index is 2.27. The fraction of sp³-hybridized carbons (Fsp3) is 0.133. The van der Waals surface area contributed by atoms with Gasteiger partial charge in [0.25, 0.3) is 5.91 Å². The van der Waals surface area contributed by atoms with Crippen molar-refractivity contribution in [3.05, 3.63) is 51.5 Å². The Morgan fingerprint density at radius 1 is 1.19 bits per heavy atom. The topological polar surface area (TPSA) is 55.6 Å². The minimum absolute atomic E-state index is 0.110. The Morgan fingerprint density at radius 2 is 1.86 bits per heavy atom. The van der Waals surface area contributed by atoms with Crippen LogP contribution in [-0.4, -0.2) is 24.9 Å². The van der Waals surface area contributed by atoms with Crippen molar-refractivity contribution in [1.29, 1.82) is 0 Å². The van der Waals surface area contributed by atoms with Gasteiger partial charge in [-0.15, -0.1) is 0 Å². The first-order valence-corrected chi connectivity index (χ1v) is 7.29. The summed E-state index contributed by atoms with van der Waals surface area (Å²) in [6.07, 6.45) is 0. The molecule has 0 saturated heterocycles. The molecule has 2 N–H and O–H groups in total. The SMILES string of the molecule is CN(C)C(=O)c1ccc(Oc2ccc(Cl)cc2Br)c(N)c1. The van der Waals surface area contributed by atoms with E-state index in [1.54, 1.807) is 50.5 Å². The molecule has 0 aliphatic rings. The molecule has 0 fully saturated rings. The summed E-state index contributed by atoms with van der Waals surface area (Å²) >= 11 is 9.26. The summed E-state index contributed by atoms with van der Waals surface area (Å²) in [7, 11) is 3.38. The number of hydrogen-bond donors (Lipinski definition) is 1. The number of amides is 1. The second-order valence-electron chi connectivity index (χ2n) is 4.63. The van der Waals surface area contributed by atoms with Gasteiger partial charge in [0.1, 0.15) is 11.5 Å². The molecule has 0 aliphatic heterocycles. The Labute approximate surface area is 136 Å². The lowest BCUT2D eigenvalue weighted by atomic mass is 10.1. The van der Waals surface area contributed by atoms with Crippen molar-refractivity contribution in [2.45, 2.75) is 0 Å². The Kier molecular flexibility index (Phi) is 4.75. The molecule has 0 spiro atoms. The zero-order valence-electron chi connectivity index (χ0n) is 11.6. The predicted molar refractivity (Wildman–Crippen MR) is 88.1 cm³/mol. The summed E-state index contributed by atoms with van der Waals surface area (Å²) in [5.74, 6) is 0.965. The number of benzene rings is 2. The monoisotopic (exact) mass is 368 g/mol. The molecule has 0 bridgehead atoms. The molecule has 6 heteroatoms. The van der Waals surface area contributed by atoms with Crippen LogP contribution in [0.5, 0.6) is 11.5 Å². The first-order valence-electron chi connectivity index (χ1n) is 6.12. The van der Waals surface area contributed by atoms with Crippen molar-refractivity contribution in [1.82, 2.24) is 4.90 Å². The maximum absolute atomic E-state index is 11.9. The lowest BCUT2D eigenvalue weighted by Crippen LogP contribution is -2.21. The van der Waals surface area contributed by atoms with Crippen LogP contribution in [0.3, 0.4) is 0 Å². The molecule has 0 saturated carbocycles. The number of nitrogen functional groups attached to an aromatic ring is 1. The normalized spacial score (nSPS) is 10.3. The highest BCUT2D eigenvalue weighted by Crippen LogP contribution is 2.34. The summed E-state index contributed by atoms with van der Waals surface area (Å²) in [5.41, 5.74) is 6.86. The van der Waals surface area contributed by atoms with Crippen molar-refractivity contribution in [3.63, 3.8) is 0 Å². The van der Waals surface area contributed by atoms with E-state index in [1.165, 1.54) is 4.90 Å². The number of ether oxygens (including phenoxy) is 1. The van der Waals surface area contributed by atoms with Gasteiger partial charge in [0.05, 0.1) is 10.2 Å². The van der Waals surface area contributed by atoms with Crippen LogP contribution >= 0.6 is 27.5 Å². The second kappa shape index (κ2) is 6.37. The maximum atomic E-state index is 11.9. The third-order valence-corrected chi connectivity index (χ3v) is 3.63. The highest BCUT2D eigenvalue weighted by atomic mass is 79.9. The molecule has 110 valence electrons. The third-order valence-electron chi connectivity index (χ3n) is 2.78. The second-order valence-corrected chi connectivity index (χ2v) is 5.92. The van der Waals surface area contributed by atoms with E-state index in [0.717, 1.165) is 4.47 Å². The zero-order valence-corrected chi connectivity index (χ0v) is 13.9. The van der Waals surface area contributed by atoms with Gasteiger partial charge >= 0.3 is 0 Å². The zero-order chi connectivity index (χ0) is 15.6. The van der Waals surface area contributed by atoms with Crippen LogP contribution in [0, 0.1) is 0 Å². The van der Waals surface area contributed by atoms with Gasteiger partial charge in [0.15, 0.2) is 0 Å². The van der Waals surface area contributed by atoms with Gasteiger partial charge in [-0.3, -0.25) is 4.79 Å². The third kappa shape index (κ3) is 3.68. The largest absolute Gasteiger partial charge is 0.454 e. The molecular weight excluding hydrogens is 356 g/mol. The fourth-order valence-corrected chi connectivity index (χ4v) is 2.47. The Bertz CT molecular complexity index is 689. The van der Waals surface area contributed by atoms with Gasteiger partial charge in [0.2, 0.25) is 0 Å². The maximum Gasteiger partial charge on any atom is 0.253 e. The number of nitrogens with zero attached hydrogens (tertiary/aromatic N) is 1. The molecule has 0 heterocycles. The minimum atomic E-state index is -0.110. The van der Waals surface area contributed by atoms with E-state index < -0.39 is 0 Å². The van der Waals surface area contributed by atoms with Crippen LogP contribution in [-0.2, 0) is 0 Å². The van der Waals surface area contributed by atoms with Crippen LogP contribution < -0.4 is 10.5 Å². The molecule has 0 aliphatic carbocycles. The van der Waals surface area contributed by atoms with Crippen LogP contribution in [0.25, 0.3) is 0 Å². The van der Waals surface area contributed by atoms with Gasteiger partial charge in [-0.25, -0.2) is 0 Å². The molecule has 21 heavy (non-hydrogen) atoms. The van der Waals surface area contributed by atoms with E-state index in [4.69, 9.17) is 22.1 Å². The minimum Gasteiger partial charge on any atom is -0.454 e. The van der Waals surface area contributed by atoms with Gasteiger partial charge in [-0.2, -0.15) is 0 Å². The Hall–Kier alpha value is -1.72. The van der Waals surface area contributed by atoms with Gasteiger partial charge < -0.3 is 15.4 Å². The number of carbonyl (C=O) groups is 1. The average molecular weight is 370 g/mol. The summed E-state index contributed by atoms with van der Waals surface area (Å²) in [6, 6.07) is 10.1. The first kappa shape index (κ1) is 15.7. The van der Waals surface area contributed by atoms with Crippen molar-refractivity contribution < 1.29 is 9.53 Å². The molecular formula is C15H14BrClN2O2. The number of nitrogens with two attached hydrogens (primary N) is 1. The number of anilines is 1. The van der Waals surface area contributed by atoms with Crippen LogP contribution in [0.15, 0.2) is 40.9 Å². The number of hydrogen-bond acceptors (Lipinski definition) is 3. The molecule has 0 unspecified atom stereocenters. The summed E-state index contributed by atoms with van der Waals surface area (Å²) < 4.78 is 6.46. The lowest BCUT2D eigenvalue weighted by Gasteiger charge is -2.13. The van der Waals surface area contributed by atoms with Gasteiger partial charge in [-0.05, 0) is 52.3 Å². The smallest absolute Gasteiger partial charge is 0.253 e.